The molecule has 0 saturated carbocycles. The minimum atomic E-state index is -0.983. The number of rotatable bonds is 3. The minimum Gasteiger partial charge on any atom is -0.280 e. The summed E-state index contributed by atoms with van der Waals surface area (Å²) in [4.78, 5) is 40.0. The number of amidine groups is 2. The Morgan fingerprint density at radius 1 is 0.955 bits per heavy atom. The van der Waals surface area contributed by atoms with E-state index in [0.717, 1.165) is 0 Å². The molecule has 0 atom stereocenters. The van der Waals surface area contributed by atoms with Crippen LogP contribution in [-0.2, 0) is 0 Å². The molecule has 3 aliphatic heterocycles. The predicted octanol–water partition coefficient (Wildman–Crippen LogP) is -1.96. The lowest BCUT2D eigenvalue weighted by molar-refractivity contribution is -0.689. The van der Waals surface area contributed by atoms with Crippen molar-refractivity contribution in [2.75, 3.05) is 13.3 Å². The molecule has 0 aromatic carbocycles. The molecular weight excluding hydrogens is 310 g/mol. The lowest BCUT2D eigenvalue weighted by Gasteiger charge is -2.22. The minimum absolute atomic E-state index is 0.174. The van der Waals surface area contributed by atoms with Crippen molar-refractivity contribution in [1.82, 2.24) is 20.1 Å². The largest absolute Gasteiger partial charge is 0.280 e. The normalized spacial score (nSPS) is 19.9. The Morgan fingerprint density at radius 3 is 2.09 bits per heavy atom. The molecule has 3 rings (SSSR count). The number of hydroxylamine groups is 2. The second-order valence-corrected chi connectivity index (χ2v) is 4.07. The van der Waals surface area contributed by atoms with Gasteiger partial charge >= 0.3 is 0 Å². The van der Waals surface area contributed by atoms with E-state index in [0.29, 0.717) is 5.01 Å². The Morgan fingerprint density at radius 2 is 1.55 bits per heavy atom. The fourth-order valence-corrected chi connectivity index (χ4v) is 2.05. The van der Waals surface area contributed by atoms with E-state index in [9.17, 15) is 35.6 Å². The van der Waals surface area contributed by atoms with Crippen LogP contribution in [0.5, 0.6) is 0 Å². The molecule has 0 fully saturated rings. The molecule has 3 aliphatic rings. The molecule has 116 valence electrons. The summed E-state index contributed by atoms with van der Waals surface area (Å²) in [6, 6.07) is 0. The van der Waals surface area contributed by atoms with Crippen LogP contribution in [0.3, 0.4) is 0 Å². The summed E-state index contributed by atoms with van der Waals surface area (Å²) < 4.78 is 0. The highest BCUT2D eigenvalue weighted by Crippen LogP contribution is 2.32. The Hall–Kier alpha value is -3.56. The van der Waals surface area contributed by atoms with Gasteiger partial charge in [-0.25, -0.2) is 35.3 Å². The van der Waals surface area contributed by atoms with Crippen LogP contribution in [0.15, 0.2) is 21.6 Å². The fourth-order valence-electron chi connectivity index (χ4n) is 2.05. The van der Waals surface area contributed by atoms with E-state index < -0.39 is 51.7 Å². The van der Waals surface area contributed by atoms with E-state index in [1.807, 2.05) is 0 Å². The SMILES string of the molecule is O=[N+]([O-])N1CN=C2C1=NC1=C(N2O)N([N+](=O)[O-])CN1[N+](=O)[O-]. The second kappa shape index (κ2) is 4.22. The third kappa shape index (κ3) is 1.60. The summed E-state index contributed by atoms with van der Waals surface area (Å²) >= 11 is 0. The Labute approximate surface area is 118 Å². The van der Waals surface area contributed by atoms with E-state index in [1.54, 1.807) is 0 Å². The monoisotopic (exact) mass is 315 g/mol. The van der Waals surface area contributed by atoms with Gasteiger partial charge in [0.15, 0.2) is 21.8 Å². The van der Waals surface area contributed by atoms with Gasteiger partial charge in [-0.05, 0) is 10.0 Å². The maximum atomic E-state index is 10.9. The van der Waals surface area contributed by atoms with Crippen LogP contribution in [0.4, 0.5) is 0 Å². The van der Waals surface area contributed by atoms with Gasteiger partial charge in [-0.1, -0.05) is 5.01 Å². The number of hydrogen-bond donors (Lipinski definition) is 1. The number of aliphatic imine (C=N–C) groups is 2. The molecule has 0 unspecified atom stereocenters. The summed E-state index contributed by atoms with van der Waals surface area (Å²) in [6.45, 7) is -1.32. The molecule has 16 heteroatoms. The number of fused-ring (bicyclic) bond motifs is 1. The van der Waals surface area contributed by atoms with Crippen molar-refractivity contribution in [3.05, 3.63) is 42.0 Å². The molecule has 0 bridgehead atoms. The molecule has 0 spiro atoms. The quantitative estimate of drug-likeness (QED) is 0.449. The van der Waals surface area contributed by atoms with Crippen molar-refractivity contribution in [2.24, 2.45) is 9.98 Å². The van der Waals surface area contributed by atoms with Crippen LogP contribution in [-0.4, -0.2) is 65.4 Å². The second-order valence-electron chi connectivity index (χ2n) is 4.07. The van der Waals surface area contributed by atoms with E-state index in [1.165, 1.54) is 0 Å². The Balaban J connectivity index is 2.13. The number of hydrazine groups is 3. The van der Waals surface area contributed by atoms with Gasteiger partial charge in [-0.15, -0.1) is 0 Å². The smallest absolute Gasteiger partial charge is 0.252 e. The van der Waals surface area contributed by atoms with E-state index in [-0.39, 0.29) is 15.1 Å². The van der Waals surface area contributed by atoms with Gasteiger partial charge in [0.05, 0.1) is 0 Å². The van der Waals surface area contributed by atoms with Crippen molar-refractivity contribution in [2.45, 2.75) is 0 Å². The Bertz CT molecular complexity index is 697. The zero-order valence-electron chi connectivity index (χ0n) is 10.3. The van der Waals surface area contributed by atoms with Crippen LogP contribution in [0.2, 0.25) is 0 Å². The summed E-state index contributed by atoms with van der Waals surface area (Å²) in [5.74, 6) is -2.09. The first-order valence-corrected chi connectivity index (χ1v) is 5.45. The maximum absolute atomic E-state index is 10.9. The summed E-state index contributed by atoms with van der Waals surface area (Å²) in [5, 5.41) is 41.0. The average molecular weight is 315 g/mol. The van der Waals surface area contributed by atoms with Crippen molar-refractivity contribution < 1.29 is 20.3 Å². The highest BCUT2D eigenvalue weighted by molar-refractivity contribution is 6.41. The van der Waals surface area contributed by atoms with Gasteiger partial charge in [0.25, 0.3) is 5.82 Å². The third-order valence-electron chi connectivity index (χ3n) is 2.96. The summed E-state index contributed by atoms with van der Waals surface area (Å²) in [5.41, 5.74) is 0. The topological polar surface area (TPSA) is 187 Å². The molecule has 0 amide bonds. The molecular formula is C6H5N9O7. The van der Waals surface area contributed by atoms with Crippen molar-refractivity contribution in [3.8, 4) is 0 Å². The molecule has 22 heavy (non-hydrogen) atoms. The molecule has 0 radical (unpaired) electrons. The zero-order valence-corrected chi connectivity index (χ0v) is 10.3. The Kier molecular flexibility index (Phi) is 2.57. The average Bonchev–Trinajstić information content (AvgIpc) is 3.00. The van der Waals surface area contributed by atoms with Crippen LogP contribution < -0.4 is 0 Å². The molecule has 0 saturated heterocycles. The van der Waals surface area contributed by atoms with Gasteiger partial charge in [-0.3, -0.25) is 5.21 Å². The molecule has 3 heterocycles. The van der Waals surface area contributed by atoms with E-state index in [4.69, 9.17) is 0 Å². The molecule has 16 nitrogen and oxygen atoms in total. The highest BCUT2D eigenvalue weighted by Gasteiger charge is 2.53. The summed E-state index contributed by atoms with van der Waals surface area (Å²) in [6.07, 6.45) is 0. The van der Waals surface area contributed by atoms with Gasteiger partial charge in [0.2, 0.25) is 24.2 Å². The van der Waals surface area contributed by atoms with Crippen LogP contribution in [0.25, 0.3) is 0 Å². The molecule has 0 aromatic heterocycles. The molecule has 1 N–H and O–H groups in total. The van der Waals surface area contributed by atoms with Crippen LogP contribution in [0, 0.1) is 30.3 Å². The first kappa shape index (κ1) is 13.4. The van der Waals surface area contributed by atoms with E-state index in [2.05, 4.69) is 9.98 Å². The van der Waals surface area contributed by atoms with Gasteiger partial charge in [0.1, 0.15) is 0 Å². The first-order chi connectivity index (χ1) is 10.3. The summed E-state index contributed by atoms with van der Waals surface area (Å²) in [7, 11) is 0. The molecule has 0 aliphatic carbocycles. The van der Waals surface area contributed by atoms with Gasteiger partial charge in [0, 0.05) is 0 Å². The standard InChI is InChI=1S/C6H5N9O7/c16-12-3-4(9(1-7-3)13(17)18)8-5-6(12)11(15(21)22)2-10(5)14(19)20/h16H,1-2H2. The zero-order chi connectivity index (χ0) is 16.2. The number of nitrogens with zero attached hydrogens (tertiary/aromatic N) is 9. The first-order valence-electron chi connectivity index (χ1n) is 5.45. The fraction of sp³-hybridized carbons (Fsp3) is 0.333. The van der Waals surface area contributed by atoms with E-state index >= 15 is 0 Å². The van der Waals surface area contributed by atoms with Crippen molar-refractivity contribution in [3.63, 3.8) is 0 Å². The highest BCUT2D eigenvalue weighted by atomic mass is 16.7. The van der Waals surface area contributed by atoms with Crippen molar-refractivity contribution >= 4 is 11.7 Å². The van der Waals surface area contributed by atoms with Crippen molar-refractivity contribution in [1.29, 1.82) is 0 Å². The lowest BCUT2D eigenvalue weighted by atomic mass is 10.4. The van der Waals surface area contributed by atoms with Gasteiger partial charge < -0.3 is 0 Å². The number of hydrogen-bond acceptors (Lipinski definition) is 10. The van der Waals surface area contributed by atoms with Crippen LogP contribution in [0.1, 0.15) is 0 Å². The van der Waals surface area contributed by atoms with Gasteiger partial charge in [-0.2, -0.15) is 10.1 Å². The third-order valence-corrected chi connectivity index (χ3v) is 2.96. The molecule has 0 aromatic rings. The number of nitro groups is 3. The van der Waals surface area contributed by atoms with Crippen LogP contribution >= 0.6 is 0 Å². The predicted molar refractivity (Wildman–Crippen MR) is 61.8 cm³/mol. The maximum Gasteiger partial charge on any atom is 0.252 e. The lowest BCUT2D eigenvalue weighted by Crippen LogP contribution is -2.46.